The fourth-order valence-corrected chi connectivity index (χ4v) is 3.31. The van der Waals surface area contributed by atoms with E-state index in [1.807, 2.05) is 11.3 Å². The number of nitrogens with zero attached hydrogens (tertiary/aromatic N) is 1. The van der Waals surface area contributed by atoms with E-state index in [0.717, 1.165) is 13.0 Å². The molecule has 3 heteroatoms. The van der Waals surface area contributed by atoms with Crippen molar-refractivity contribution < 1.29 is 0 Å². The van der Waals surface area contributed by atoms with Crippen molar-refractivity contribution in [1.29, 1.82) is 0 Å². The normalized spacial score (nSPS) is 13.9. The van der Waals surface area contributed by atoms with Crippen LogP contribution in [0.3, 0.4) is 0 Å². The molecule has 0 aliphatic heterocycles. The smallest absolute Gasteiger partial charge is 0.0928 e. The minimum Gasteiger partial charge on any atom is -0.314 e. The Labute approximate surface area is 129 Å². The second kappa shape index (κ2) is 8.14. The SMILES string of the molecule is CCCNC(CCCc1nc(C(C)(C)C)cs1)C(C)C. The van der Waals surface area contributed by atoms with Crippen LogP contribution in [-0.4, -0.2) is 17.6 Å². The molecular weight excluding hydrogens is 264 g/mol. The Morgan fingerprint density at radius 2 is 2.00 bits per heavy atom. The predicted octanol–water partition coefficient (Wildman–Crippen LogP) is 4.79. The molecule has 0 amide bonds. The third-order valence-electron chi connectivity index (χ3n) is 3.69. The fourth-order valence-electron chi connectivity index (χ4n) is 2.24. The molecular formula is C17H32N2S. The first kappa shape index (κ1) is 17.6. The minimum atomic E-state index is 0.178. The molecule has 20 heavy (non-hydrogen) atoms. The topological polar surface area (TPSA) is 24.9 Å². The summed E-state index contributed by atoms with van der Waals surface area (Å²) < 4.78 is 0. The van der Waals surface area contributed by atoms with E-state index in [1.165, 1.54) is 30.0 Å². The first-order valence-corrected chi connectivity index (χ1v) is 8.90. The molecule has 1 aromatic rings. The van der Waals surface area contributed by atoms with E-state index in [2.05, 4.69) is 52.2 Å². The lowest BCUT2D eigenvalue weighted by atomic mass is 9.93. The van der Waals surface area contributed by atoms with E-state index in [-0.39, 0.29) is 5.41 Å². The minimum absolute atomic E-state index is 0.178. The highest BCUT2D eigenvalue weighted by atomic mass is 32.1. The third-order valence-corrected chi connectivity index (χ3v) is 4.60. The van der Waals surface area contributed by atoms with Gasteiger partial charge in [-0.25, -0.2) is 4.98 Å². The van der Waals surface area contributed by atoms with E-state index in [9.17, 15) is 0 Å². The third kappa shape index (κ3) is 5.92. The zero-order valence-corrected chi connectivity index (χ0v) is 14.9. The van der Waals surface area contributed by atoms with Gasteiger partial charge in [-0.3, -0.25) is 0 Å². The molecule has 1 N–H and O–H groups in total. The highest BCUT2D eigenvalue weighted by Gasteiger charge is 2.17. The van der Waals surface area contributed by atoms with Gasteiger partial charge in [0, 0.05) is 16.8 Å². The van der Waals surface area contributed by atoms with Crippen molar-refractivity contribution in [1.82, 2.24) is 10.3 Å². The Morgan fingerprint density at radius 3 is 2.50 bits per heavy atom. The largest absolute Gasteiger partial charge is 0.314 e. The molecule has 1 heterocycles. The average molecular weight is 297 g/mol. The Kier molecular flexibility index (Phi) is 7.18. The molecule has 116 valence electrons. The summed E-state index contributed by atoms with van der Waals surface area (Å²) in [6, 6.07) is 0.650. The van der Waals surface area contributed by atoms with Crippen molar-refractivity contribution >= 4 is 11.3 Å². The van der Waals surface area contributed by atoms with E-state index >= 15 is 0 Å². The lowest BCUT2D eigenvalue weighted by Gasteiger charge is -2.22. The Bertz CT molecular complexity index is 377. The lowest BCUT2D eigenvalue weighted by molar-refractivity contribution is 0.370. The van der Waals surface area contributed by atoms with Crippen LogP contribution < -0.4 is 5.32 Å². The van der Waals surface area contributed by atoms with Crippen LogP contribution in [0.4, 0.5) is 0 Å². The van der Waals surface area contributed by atoms with Crippen LogP contribution in [0.5, 0.6) is 0 Å². The number of thiazole rings is 1. The molecule has 1 rings (SSSR count). The molecule has 0 spiro atoms. The standard InChI is InChI=1S/C17H32N2S/c1-7-11-18-14(13(2)3)9-8-10-16-19-15(12-20-16)17(4,5)6/h12-14,18H,7-11H2,1-6H3. The van der Waals surface area contributed by atoms with Crippen molar-refractivity contribution in [2.24, 2.45) is 5.92 Å². The number of hydrogen-bond acceptors (Lipinski definition) is 3. The summed E-state index contributed by atoms with van der Waals surface area (Å²) in [7, 11) is 0. The second-order valence-corrected chi connectivity index (χ2v) is 8.02. The van der Waals surface area contributed by atoms with Gasteiger partial charge in [-0.15, -0.1) is 11.3 Å². The lowest BCUT2D eigenvalue weighted by Crippen LogP contribution is -2.34. The van der Waals surface area contributed by atoms with Crippen molar-refractivity contribution in [3.8, 4) is 0 Å². The first-order chi connectivity index (χ1) is 9.34. The van der Waals surface area contributed by atoms with Crippen molar-refractivity contribution in [2.75, 3.05) is 6.54 Å². The van der Waals surface area contributed by atoms with Gasteiger partial charge in [0.15, 0.2) is 0 Å². The number of rotatable bonds is 8. The molecule has 0 radical (unpaired) electrons. The summed E-state index contributed by atoms with van der Waals surface area (Å²) in [5, 5.41) is 7.19. The second-order valence-electron chi connectivity index (χ2n) is 7.07. The molecule has 2 nitrogen and oxygen atoms in total. The molecule has 0 aliphatic rings. The van der Waals surface area contributed by atoms with Crippen LogP contribution in [0.25, 0.3) is 0 Å². The van der Waals surface area contributed by atoms with Gasteiger partial charge in [0.05, 0.1) is 10.7 Å². The molecule has 0 bridgehead atoms. The van der Waals surface area contributed by atoms with Gasteiger partial charge in [0.25, 0.3) is 0 Å². The monoisotopic (exact) mass is 296 g/mol. The molecule has 0 saturated heterocycles. The summed E-state index contributed by atoms with van der Waals surface area (Å²) in [6.45, 7) is 14.7. The number of nitrogens with one attached hydrogen (secondary N) is 1. The molecule has 0 saturated carbocycles. The van der Waals surface area contributed by atoms with E-state index in [1.54, 1.807) is 0 Å². The average Bonchev–Trinajstić information content (AvgIpc) is 2.81. The van der Waals surface area contributed by atoms with E-state index in [0.29, 0.717) is 12.0 Å². The van der Waals surface area contributed by atoms with Crippen molar-refractivity contribution in [3.63, 3.8) is 0 Å². The van der Waals surface area contributed by atoms with Gasteiger partial charge in [-0.1, -0.05) is 41.5 Å². The van der Waals surface area contributed by atoms with Crippen molar-refractivity contribution in [2.45, 2.75) is 78.7 Å². The number of aromatic nitrogens is 1. The van der Waals surface area contributed by atoms with Gasteiger partial charge in [0.1, 0.15) is 0 Å². The fraction of sp³-hybridized carbons (Fsp3) is 0.824. The van der Waals surface area contributed by atoms with Gasteiger partial charge in [-0.2, -0.15) is 0 Å². The summed E-state index contributed by atoms with van der Waals surface area (Å²) in [5.41, 5.74) is 1.42. The van der Waals surface area contributed by atoms with Crippen molar-refractivity contribution in [3.05, 3.63) is 16.1 Å². The van der Waals surface area contributed by atoms with E-state index < -0.39 is 0 Å². The Balaban J connectivity index is 2.40. The summed E-state index contributed by atoms with van der Waals surface area (Å²) in [5.74, 6) is 0.711. The van der Waals surface area contributed by atoms with E-state index in [4.69, 9.17) is 4.98 Å². The molecule has 0 fully saturated rings. The highest BCUT2D eigenvalue weighted by Crippen LogP contribution is 2.24. The molecule has 1 aromatic heterocycles. The van der Waals surface area contributed by atoms with Gasteiger partial charge < -0.3 is 5.32 Å². The summed E-state index contributed by atoms with van der Waals surface area (Å²) in [6.07, 6.45) is 4.82. The number of hydrogen-bond donors (Lipinski definition) is 1. The maximum absolute atomic E-state index is 4.78. The van der Waals surface area contributed by atoms with Crippen LogP contribution in [0, 0.1) is 5.92 Å². The molecule has 1 unspecified atom stereocenters. The quantitative estimate of drug-likeness (QED) is 0.746. The molecule has 0 aromatic carbocycles. The van der Waals surface area contributed by atoms with Crippen LogP contribution >= 0.6 is 11.3 Å². The first-order valence-electron chi connectivity index (χ1n) is 8.02. The highest BCUT2D eigenvalue weighted by molar-refractivity contribution is 7.09. The van der Waals surface area contributed by atoms with Crippen LogP contribution in [0.15, 0.2) is 5.38 Å². The summed E-state index contributed by atoms with van der Waals surface area (Å²) in [4.78, 5) is 4.78. The molecule has 1 atom stereocenters. The predicted molar refractivity (Wildman–Crippen MR) is 90.7 cm³/mol. The maximum Gasteiger partial charge on any atom is 0.0928 e. The Morgan fingerprint density at radius 1 is 1.30 bits per heavy atom. The van der Waals surface area contributed by atoms with Gasteiger partial charge >= 0.3 is 0 Å². The summed E-state index contributed by atoms with van der Waals surface area (Å²) >= 11 is 1.82. The maximum atomic E-state index is 4.78. The van der Waals surface area contributed by atoms with Gasteiger partial charge in [-0.05, 0) is 38.1 Å². The van der Waals surface area contributed by atoms with Crippen LogP contribution in [-0.2, 0) is 11.8 Å². The number of aryl methyl sites for hydroxylation is 1. The van der Waals surface area contributed by atoms with Crippen LogP contribution in [0.1, 0.15) is 71.5 Å². The Hall–Kier alpha value is -0.410. The van der Waals surface area contributed by atoms with Crippen LogP contribution in [0.2, 0.25) is 0 Å². The molecule has 0 aliphatic carbocycles. The zero-order valence-electron chi connectivity index (χ0n) is 14.1. The van der Waals surface area contributed by atoms with Gasteiger partial charge in [0.2, 0.25) is 0 Å². The zero-order chi connectivity index (χ0) is 15.2.